The van der Waals surface area contributed by atoms with Crippen LogP contribution in [0, 0.1) is 19.8 Å². The molecule has 2 aromatic rings. The maximum absolute atomic E-state index is 12.4. The predicted octanol–water partition coefficient (Wildman–Crippen LogP) is 1.94. The van der Waals surface area contributed by atoms with Gasteiger partial charge >= 0.3 is 0 Å². The van der Waals surface area contributed by atoms with Gasteiger partial charge in [0, 0.05) is 19.2 Å². The minimum absolute atomic E-state index is 0.0296. The maximum atomic E-state index is 12.4. The van der Waals surface area contributed by atoms with Gasteiger partial charge in [0.15, 0.2) is 11.6 Å². The van der Waals surface area contributed by atoms with Crippen LogP contribution >= 0.6 is 0 Å². The molecular formula is C15H19N5O2. The largest absolute Gasteiger partial charge is 0.360 e. The summed E-state index contributed by atoms with van der Waals surface area (Å²) in [6.45, 7) is 5.23. The lowest BCUT2D eigenvalue weighted by Gasteiger charge is -2.32. The highest BCUT2D eigenvalue weighted by Gasteiger charge is 2.27. The summed E-state index contributed by atoms with van der Waals surface area (Å²) in [4.78, 5) is 14.5. The molecule has 116 valence electrons. The van der Waals surface area contributed by atoms with Gasteiger partial charge in [-0.25, -0.2) is 0 Å². The second-order valence-electron chi connectivity index (χ2n) is 5.63. The number of anilines is 2. The minimum Gasteiger partial charge on any atom is -0.360 e. The predicted molar refractivity (Wildman–Crippen MR) is 81.6 cm³/mol. The van der Waals surface area contributed by atoms with Crippen molar-refractivity contribution in [1.82, 2.24) is 15.4 Å². The van der Waals surface area contributed by atoms with E-state index in [2.05, 4.69) is 25.6 Å². The van der Waals surface area contributed by atoms with Crippen molar-refractivity contribution in [2.75, 3.05) is 23.3 Å². The van der Waals surface area contributed by atoms with Gasteiger partial charge in [0.1, 0.15) is 5.76 Å². The number of piperidine rings is 1. The smallest absolute Gasteiger partial charge is 0.230 e. The van der Waals surface area contributed by atoms with E-state index in [0.29, 0.717) is 18.1 Å². The number of carbonyl (C=O) groups excluding carboxylic acids is 1. The van der Waals surface area contributed by atoms with Crippen LogP contribution in [0.15, 0.2) is 22.7 Å². The maximum Gasteiger partial charge on any atom is 0.230 e. The van der Waals surface area contributed by atoms with Gasteiger partial charge in [-0.2, -0.15) is 5.10 Å². The Balaban J connectivity index is 1.64. The Labute approximate surface area is 128 Å². The van der Waals surface area contributed by atoms with Gasteiger partial charge < -0.3 is 14.7 Å². The van der Waals surface area contributed by atoms with Crippen LogP contribution in [0.2, 0.25) is 0 Å². The van der Waals surface area contributed by atoms with E-state index in [9.17, 15) is 4.79 Å². The second-order valence-corrected chi connectivity index (χ2v) is 5.63. The van der Waals surface area contributed by atoms with Gasteiger partial charge in [-0.1, -0.05) is 5.16 Å². The number of aryl methyl sites for hydroxylation is 2. The molecule has 3 heterocycles. The van der Waals surface area contributed by atoms with Crippen LogP contribution in [0.25, 0.3) is 0 Å². The molecule has 0 bridgehead atoms. The first-order valence-electron chi connectivity index (χ1n) is 7.41. The molecule has 1 saturated heterocycles. The van der Waals surface area contributed by atoms with Crippen LogP contribution in [-0.4, -0.2) is 34.4 Å². The zero-order chi connectivity index (χ0) is 15.5. The van der Waals surface area contributed by atoms with E-state index < -0.39 is 0 Å². The summed E-state index contributed by atoms with van der Waals surface area (Å²) in [6, 6.07) is 5.59. The molecule has 22 heavy (non-hydrogen) atoms. The van der Waals surface area contributed by atoms with Gasteiger partial charge in [0.2, 0.25) is 5.91 Å². The van der Waals surface area contributed by atoms with Crippen molar-refractivity contribution in [1.29, 1.82) is 0 Å². The van der Waals surface area contributed by atoms with Gasteiger partial charge in [0.25, 0.3) is 0 Å². The second kappa shape index (κ2) is 6.13. The number of aromatic nitrogens is 3. The van der Waals surface area contributed by atoms with Crippen molar-refractivity contribution in [3.8, 4) is 0 Å². The summed E-state index contributed by atoms with van der Waals surface area (Å²) in [6.07, 6.45) is 1.81. The lowest BCUT2D eigenvalue weighted by atomic mass is 9.97. The summed E-state index contributed by atoms with van der Waals surface area (Å²) in [5.41, 5.74) is 0.886. The Morgan fingerprint density at radius 3 is 2.91 bits per heavy atom. The highest BCUT2D eigenvalue weighted by atomic mass is 16.5. The fourth-order valence-corrected chi connectivity index (χ4v) is 2.61. The van der Waals surface area contributed by atoms with Crippen LogP contribution in [0.5, 0.6) is 0 Å². The van der Waals surface area contributed by atoms with Crippen LogP contribution < -0.4 is 10.2 Å². The average Bonchev–Trinajstić information content (AvgIpc) is 2.93. The van der Waals surface area contributed by atoms with Gasteiger partial charge in [-0.15, -0.1) is 5.10 Å². The van der Waals surface area contributed by atoms with Crippen LogP contribution in [0.1, 0.15) is 24.3 Å². The number of amides is 1. The first-order valence-corrected chi connectivity index (χ1v) is 7.41. The number of rotatable bonds is 3. The van der Waals surface area contributed by atoms with Crippen LogP contribution in [-0.2, 0) is 4.79 Å². The Morgan fingerprint density at radius 1 is 1.36 bits per heavy atom. The number of carbonyl (C=O) groups is 1. The van der Waals surface area contributed by atoms with Crippen molar-refractivity contribution in [3.05, 3.63) is 29.7 Å². The Bertz CT molecular complexity index is 652. The zero-order valence-corrected chi connectivity index (χ0v) is 12.7. The molecule has 0 aliphatic carbocycles. The molecule has 1 aliphatic rings. The summed E-state index contributed by atoms with van der Waals surface area (Å²) < 4.78 is 4.96. The first-order chi connectivity index (χ1) is 10.6. The quantitative estimate of drug-likeness (QED) is 0.932. The van der Waals surface area contributed by atoms with E-state index in [-0.39, 0.29) is 11.8 Å². The highest BCUT2D eigenvalue weighted by Crippen LogP contribution is 2.22. The van der Waals surface area contributed by atoms with E-state index >= 15 is 0 Å². The molecule has 1 aliphatic heterocycles. The number of nitrogens with one attached hydrogen (secondary N) is 1. The lowest BCUT2D eigenvalue weighted by Crippen LogP contribution is -2.41. The summed E-state index contributed by atoms with van der Waals surface area (Å²) >= 11 is 0. The Morgan fingerprint density at radius 2 is 2.23 bits per heavy atom. The molecule has 1 amide bonds. The van der Waals surface area contributed by atoms with E-state index in [1.807, 2.05) is 19.1 Å². The van der Waals surface area contributed by atoms with Crippen molar-refractivity contribution >= 4 is 17.5 Å². The van der Waals surface area contributed by atoms with Crippen molar-refractivity contribution in [2.45, 2.75) is 26.7 Å². The molecule has 1 N–H and O–H groups in total. The van der Waals surface area contributed by atoms with E-state index in [0.717, 1.165) is 30.9 Å². The third-order valence-electron chi connectivity index (χ3n) is 3.78. The molecule has 1 fully saturated rings. The number of nitrogens with zero attached hydrogens (tertiary/aromatic N) is 4. The van der Waals surface area contributed by atoms with Gasteiger partial charge in [0.05, 0.1) is 11.6 Å². The van der Waals surface area contributed by atoms with E-state index in [4.69, 9.17) is 4.52 Å². The fourth-order valence-electron chi connectivity index (χ4n) is 2.61. The van der Waals surface area contributed by atoms with Gasteiger partial charge in [-0.3, -0.25) is 4.79 Å². The van der Waals surface area contributed by atoms with Crippen molar-refractivity contribution < 1.29 is 9.32 Å². The standard InChI is InChI=1S/C15H19N5O2/c1-10-5-6-14(18-17-10)20-7-3-4-12(9-20)15(21)16-13-8-11(2)22-19-13/h5-6,8,12H,3-4,7,9H2,1-2H3,(H,16,19,21). The molecule has 0 radical (unpaired) electrons. The third kappa shape index (κ3) is 3.24. The molecule has 0 spiro atoms. The molecule has 7 heteroatoms. The van der Waals surface area contributed by atoms with Gasteiger partial charge in [-0.05, 0) is 38.8 Å². The van der Waals surface area contributed by atoms with Crippen molar-refractivity contribution in [2.24, 2.45) is 5.92 Å². The average molecular weight is 301 g/mol. The zero-order valence-electron chi connectivity index (χ0n) is 12.7. The summed E-state index contributed by atoms with van der Waals surface area (Å²) in [5.74, 6) is 1.84. The first kappa shape index (κ1) is 14.5. The normalized spacial score (nSPS) is 18.3. The van der Waals surface area contributed by atoms with E-state index in [1.54, 1.807) is 13.0 Å². The summed E-state index contributed by atoms with van der Waals surface area (Å²) in [7, 11) is 0. The highest BCUT2D eigenvalue weighted by molar-refractivity contribution is 5.92. The summed E-state index contributed by atoms with van der Waals surface area (Å²) in [5, 5.41) is 14.9. The Hall–Kier alpha value is -2.44. The molecule has 0 saturated carbocycles. The third-order valence-corrected chi connectivity index (χ3v) is 3.78. The molecule has 0 aromatic carbocycles. The van der Waals surface area contributed by atoms with Crippen LogP contribution in [0.4, 0.5) is 11.6 Å². The van der Waals surface area contributed by atoms with Crippen molar-refractivity contribution in [3.63, 3.8) is 0 Å². The lowest BCUT2D eigenvalue weighted by molar-refractivity contribution is -0.120. The molecule has 2 aromatic heterocycles. The number of hydrogen-bond acceptors (Lipinski definition) is 6. The number of hydrogen-bond donors (Lipinski definition) is 1. The minimum atomic E-state index is -0.0890. The van der Waals surface area contributed by atoms with E-state index in [1.165, 1.54) is 0 Å². The molecule has 1 atom stereocenters. The molecule has 1 unspecified atom stereocenters. The topological polar surface area (TPSA) is 84.2 Å². The molecule has 7 nitrogen and oxygen atoms in total. The molecular weight excluding hydrogens is 282 g/mol. The monoisotopic (exact) mass is 301 g/mol. The SMILES string of the molecule is Cc1ccc(N2CCCC(C(=O)Nc3cc(C)on3)C2)nn1. The molecule has 3 rings (SSSR count). The van der Waals surface area contributed by atoms with Crippen LogP contribution in [0.3, 0.4) is 0 Å². The fraction of sp³-hybridized carbons (Fsp3) is 0.467. The Kier molecular flexibility index (Phi) is 4.04.